The van der Waals surface area contributed by atoms with Crippen LogP contribution in [-0.4, -0.2) is 31.1 Å². The van der Waals surface area contributed by atoms with Crippen LogP contribution in [0.3, 0.4) is 0 Å². The van der Waals surface area contributed by atoms with Crippen LogP contribution in [0.5, 0.6) is 0 Å². The van der Waals surface area contributed by atoms with Crippen molar-refractivity contribution in [3.8, 4) is 0 Å². The second kappa shape index (κ2) is 7.58. The third-order valence-electron chi connectivity index (χ3n) is 4.01. The number of carbonyl (C=O) groups is 1. The van der Waals surface area contributed by atoms with Gasteiger partial charge in [-0.25, -0.2) is 12.8 Å². The van der Waals surface area contributed by atoms with E-state index in [1.165, 1.54) is 17.8 Å². The predicted octanol–water partition coefficient (Wildman–Crippen LogP) is 3.03. The lowest BCUT2D eigenvalue weighted by molar-refractivity contribution is 0.0947. The maximum absolute atomic E-state index is 13.7. The third-order valence-corrected chi connectivity index (χ3v) is 7.34. The minimum atomic E-state index is -2.96. The van der Waals surface area contributed by atoms with Gasteiger partial charge in [0, 0.05) is 22.3 Å². The molecule has 2 aromatic rings. The number of thioether (sulfide) groups is 1. The van der Waals surface area contributed by atoms with E-state index >= 15 is 0 Å². The van der Waals surface area contributed by atoms with Crippen molar-refractivity contribution in [3.63, 3.8) is 0 Å². The van der Waals surface area contributed by atoms with Crippen molar-refractivity contribution in [2.24, 2.45) is 0 Å². The van der Waals surface area contributed by atoms with Crippen LogP contribution >= 0.6 is 11.8 Å². The van der Waals surface area contributed by atoms with Crippen LogP contribution in [0.25, 0.3) is 0 Å². The first kappa shape index (κ1) is 17.9. The van der Waals surface area contributed by atoms with Gasteiger partial charge >= 0.3 is 0 Å². The van der Waals surface area contributed by atoms with Crippen LogP contribution in [0.1, 0.15) is 22.3 Å². The van der Waals surface area contributed by atoms with Gasteiger partial charge in [-0.3, -0.25) is 4.79 Å². The van der Waals surface area contributed by atoms with Crippen LogP contribution < -0.4 is 5.32 Å². The number of hydrogen-bond acceptors (Lipinski definition) is 4. The zero-order valence-electron chi connectivity index (χ0n) is 13.4. The third kappa shape index (κ3) is 4.61. The molecule has 3 rings (SSSR count). The summed E-state index contributed by atoms with van der Waals surface area (Å²) in [6, 6.07) is 13.4. The Hall–Kier alpha value is -1.86. The van der Waals surface area contributed by atoms with Crippen molar-refractivity contribution in [1.82, 2.24) is 5.32 Å². The van der Waals surface area contributed by atoms with E-state index in [1.54, 1.807) is 30.3 Å². The Labute approximate surface area is 150 Å². The van der Waals surface area contributed by atoms with Crippen molar-refractivity contribution >= 4 is 27.5 Å². The monoisotopic (exact) mass is 379 g/mol. The van der Waals surface area contributed by atoms with Crippen LogP contribution in [0.4, 0.5) is 4.39 Å². The molecule has 0 aliphatic carbocycles. The highest BCUT2D eigenvalue weighted by Gasteiger charge is 2.29. The summed E-state index contributed by atoms with van der Waals surface area (Å²) in [5, 5.41) is 2.69. The van der Waals surface area contributed by atoms with Gasteiger partial charge in [0.1, 0.15) is 5.82 Å². The first-order valence-corrected chi connectivity index (χ1v) is 10.6. The normalized spacial score (nSPS) is 18.8. The van der Waals surface area contributed by atoms with Crippen LogP contribution in [0.2, 0.25) is 0 Å². The molecule has 1 fully saturated rings. The molecule has 1 aliphatic heterocycles. The molecular weight excluding hydrogens is 361 g/mol. The average Bonchev–Trinajstić information content (AvgIpc) is 2.93. The molecule has 132 valence electrons. The summed E-state index contributed by atoms with van der Waals surface area (Å²) in [6.07, 6.45) is 0.595. The largest absolute Gasteiger partial charge is 0.348 e. The molecule has 0 unspecified atom stereocenters. The number of benzene rings is 2. The van der Waals surface area contributed by atoms with E-state index in [1.807, 2.05) is 12.1 Å². The SMILES string of the molecule is O=C(NCc1ccccc1F)c1ccccc1S[C@@H]1CCS(=O)(=O)C1. The number of nitrogens with one attached hydrogen (secondary N) is 1. The second-order valence-electron chi connectivity index (χ2n) is 5.91. The van der Waals surface area contributed by atoms with Gasteiger partial charge in [0.25, 0.3) is 5.91 Å². The molecule has 25 heavy (non-hydrogen) atoms. The van der Waals surface area contributed by atoms with Crippen molar-refractivity contribution in [2.45, 2.75) is 23.1 Å². The highest BCUT2D eigenvalue weighted by molar-refractivity contribution is 8.02. The number of hydrogen-bond donors (Lipinski definition) is 1. The first-order chi connectivity index (χ1) is 11.9. The summed E-state index contributed by atoms with van der Waals surface area (Å²) in [6.45, 7) is 0.0995. The Kier molecular flexibility index (Phi) is 5.44. The lowest BCUT2D eigenvalue weighted by atomic mass is 10.2. The van der Waals surface area contributed by atoms with E-state index < -0.39 is 9.84 Å². The molecule has 1 aliphatic rings. The summed E-state index contributed by atoms with van der Waals surface area (Å²) in [4.78, 5) is 13.2. The fraction of sp³-hybridized carbons (Fsp3) is 0.278. The number of amides is 1. The van der Waals surface area contributed by atoms with Crippen molar-refractivity contribution in [1.29, 1.82) is 0 Å². The summed E-state index contributed by atoms with van der Waals surface area (Å²) in [5.74, 6) is -0.316. The minimum Gasteiger partial charge on any atom is -0.348 e. The van der Waals surface area contributed by atoms with E-state index in [0.717, 1.165) is 4.90 Å². The smallest absolute Gasteiger partial charge is 0.252 e. The summed E-state index contributed by atoms with van der Waals surface area (Å²) in [5.41, 5.74) is 0.899. The Bertz CT molecular complexity index is 883. The number of rotatable bonds is 5. The quantitative estimate of drug-likeness (QED) is 0.867. The minimum absolute atomic E-state index is 0.0366. The zero-order chi connectivity index (χ0) is 17.9. The van der Waals surface area contributed by atoms with E-state index in [4.69, 9.17) is 0 Å². The van der Waals surface area contributed by atoms with Gasteiger partial charge in [-0.2, -0.15) is 0 Å². The van der Waals surface area contributed by atoms with Gasteiger partial charge in [0.2, 0.25) is 0 Å². The average molecular weight is 379 g/mol. The zero-order valence-corrected chi connectivity index (χ0v) is 15.1. The van der Waals surface area contributed by atoms with Gasteiger partial charge in [0.05, 0.1) is 17.1 Å². The molecule has 2 aromatic carbocycles. The van der Waals surface area contributed by atoms with Gasteiger partial charge in [-0.15, -0.1) is 11.8 Å². The van der Waals surface area contributed by atoms with Crippen LogP contribution in [0, 0.1) is 5.82 Å². The second-order valence-corrected chi connectivity index (χ2v) is 9.48. The van der Waals surface area contributed by atoms with Crippen molar-refractivity contribution in [2.75, 3.05) is 11.5 Å². The molecule has 1 saturated heterocycles. The van der Waals surface area contributed by atoms with Gasteiger partial charge in [-0.05, 0) is 24.6 Å². The van der Waals surface area contributed by atoms with E-state index in [-0.39, 0.29) is 35.0 Å². The number of carbonyl (C=O) groups excluding carboxylic acids is 1. The lowest BCUT2D eigenvalue weighted by Crippen LogP contribution is -2.24. The van der Waals surface area contributed by atoms with E-state index in [2.05, 4.69) is 5.32 Å². The highest BCUT2D eigenvalue weighted by Crippen LogP contribution is 2.33. The molecule has 0 radical (unpaired) electrons. The molecule has 4 nitrogen and oxygen atoms in total. The topological polar surface area (TPSA) is 63.2 Å². The van der Waals surface area contributed by atoms with Crippen molar-refractivity contribution < 1.29 is 17.6 Å². The highest BCUT2D eigenvalue weighted by atomic mass is 32.2. The molecule has 0 aromatic heterocycles. The molecular formula is C18H18FNO3S2. The number of sulfone groups is 1. The maximum Gasteiger partial charge on any atom is 0.252 e. The first-order valence-electron chi connectivity index (χ1n) is 7.92. The van der Waals surface area contributed by atoms with E-state index in [9.17, 15) is 17.6 Å². The fourth-order valence-electron chi connectivity index (χ4n) is 2.70. The maximum atomic E-state index is 13.7. The Morgan fingerprint density at radius 1 is 1.16 bits per heavy atom. The standard InChI is InChI=1S/C18H18FNO3S2/c19-16-7-3-1-5-13(16)11-20-18(21)15-6-2-4-8-17(15)24-14-9-10-25(22,23)12-14/h1-8,14H,9-12H2,(H,20,21)/t14-/m1/s1. The molecule has 0 bridgehead atoms. The molecule has 1 N–H and O–H groups in total. The summed E-state index contributed by atoms with van der Waals surface area (Å²) >= 11 is 1.42. The molecule has 1 heterocycles. The van der Waals surface area contributed by atoms with Crippen LogP contribution in [0.15, 0.2) is 53.4 Å². The molecule has 7 heteroatoms. The van der Waals surface area contributed by atoms with Gasteiger partial charge in [0.15, 0.2) is 9.84 Å². The predicted molar refractivity (Wildman–Crippen MR) is 96.9 cm³/mol. The molecule has 1 amide bonds. The molecule has 0 saturated carbocycles. The molecule has 0 spiro atoms. The Morgan fingerprint density at radius 3 is 2.60 bits per heavy atom. The number of halogens is 1. The Balaban J connectivity index is 1.70. The Morgan fingerprint density at radius 2 is 1.88 bits per heavy atom. The molecule has 1 atom stereocenters. The van der Waals surface area contributed by atoms with Crippen LogP contribution in [-0.2, 0) is 16.4 Å². The van der Waals surface area contributed by atoms with Gasteiger partial charge in [-0.1, -0.05) is 30.3 Å². The summed E-state index contributed by atoms with van der Waals surface area (Å²) < 4.78 is 36.9. The lowest BCUT2D eigenvalue weighted by Gasteiger charge is -2.13. The summed E-state index contributed by atoms with van der Waals surface area (Å²) in [7, 11) is -2.96. The van der Waals surface area contributed by atoms with Gasteiger partial charge < -0.3 is 5.32 Å². The van der Waals surface area contributed by atoms with E-state index in [0.29, 0.717) is 17.5 Å². The fourth-order valence-corrected chi connectivity index (χ4v) is 6.33. The van der Waals surface area contributed by atoms with Crippen molar-refractivity contribution in [3.05, 3.63) is 65.5 Å².